The van der Waals surface area contributed by atoms with Crippen LogP contribution in [-0.2, 0) is 0 Å². The average Bonchev–Trinajstić information content (AvgIpc) is 3.09. The van der Waals surface area contributed by atoms with Crippen LogP contribution in [0.5, 0.6) is 0 Å². The fourth-order valence-electron chi connectivity index (χ4n) is 2.79. The van der Waals surface area contributed by atoms with E-state index in [1.165, 1.54) is 16.8 Å². The Balaban J connectivity index is 1.66. The number of hydrogen-bond donors (Lipinski definition) is 2. The maximum absolute atomic E-state index is 13.6. The van der Waals surface area contributed by atoms with Crippen molar-refractivity contribution in [3.05, 3.63) is 63.0 Å². The summed E-state index contributed by atoms with van der Waals surface area (Å²) < 4.78 is 15.1. The maximum Gasteiger partial charge on any atom is 0.253 e. The van der Waals surface area contributed by atoms with Crippen LogP contribution in [0.3, 0.4) is 0 Å². The van der Waals surface area contributed by atoms with Crippen LogP contribution < -0.4 is 10.9 Å². The first-order valence-corrected chi connectivity index (χ1v) is 8.67. The number of pyridine rings is 1. The van der Waals surface area contributed by atoms with Crippen molar-refractivity contribution < 1.29 is 4.39 Å². The Morgan fingerprint density at radius 2 is 2.14 bits per heavy atom. The molecule has 4 rings (SSSR count). The molecule has 0 bridgehead atoms. The van der Waals surface area contributed by atoms with Gasteiger partial charge >= 0.3 is 0 Å². The number of benzene rings is 1. The van der Waals surface area contributed by atoms with Crippen LogP contribution in [0.25, 0.3) is 16.7 Å². The lowest BCUT2D eigenvalue weighted by atomic mass is 10.1. The molecule has 1 aromatic carbocycles. The van der Waals surface area contributed by atoms with Crippen LogP contribution in [0.2, 0.25) is 5.02 Å². The first kappa shape index (κ1) is 18.0. The molecule has 0 spiro atoms. The molecule has 3 heterocycles. The van der Waals surface area contributed by atoms with Gasteiger partial charge in [-0.1, -0.05) is 11.6 Å². The predicted octanol–water partition coefficient (Wildman–Crippen LogP) is 2.57. The average molecular weight is 401 g/mol. The second-order valence-electron chi connectivity index (χ2n) is 6.15. The van der Waals surface area contributed by atoms with Crippen LogP contribution in [0.1, 0.15) is 24.4 Å². The molecule has 1 atom stereocenters. The summed E-state index contributed by atoms with van der Waals surface area (Å²) in [6.45, 7) is 3.54. The number of anilines is 1. The van der Waals surface area contributed by atoms with Gasteiger partial charge in [0.25, 0.3) is 5.56 Å². The second kappa shape index (κ2) is 6.97. The molecule has 0 saturated carbocycles. The second-order valence-corrected chi connectivity index (χ2v) is 6.56. The number of aromatic amines is 1. The highest BCUT2D eigenvalue weighted by molar-refractivity contribution is 6.31. The minimum Gasteiger partial charge on any atom is -0.347 e. The van der Waals surface area contributed by atoms with Crippen molar-refractivity contribution in [3.8, 4) is 5.82 Å². The van der Waals surface area contributed by atoms with E-state index in [9.17, 15) is 9.18 Å². The van der Waals surface area contributed by atoms with Crippen LogP contribution in [-0.4, -0.2) is 35.2 Å². The first-order valence-electron chi connectivity index (χ1n) is 8.29. The molecule has 0 amide bonds. The number of nitrogens with one attached hydrogen (secondary N) is 2. The largest absolute Gasteiger partial charge is 0.347 e. The highest BCUT2D eigenvalue weighted by Crippen LogP contribution is 2.23. The third kappa shape index (κ3) is 3.29. The Morgan fingerprint density at radius 1 is 1.32 bits per heavy atom. The number of tetrazole rings is 1. The number of aromatic nitrogens is 7. The SMILES string of the molecule is Cc1nnnn1-c1ccnc(N[C@@H](C)c2cc3cc(Cl)c(F)cc3[nH]c2=O)n1. The van der Waals surface area contributed by atoms with Crippen LogP contribution in [0.4, 0.5) is 10.3 Å². The van der Waals surface area contributed by atoms with E-state index in [-0.39, 0.29) is 10.6 Å². The number of rotatable bonds is 4. The lowest BCUT2D eigenvalue weighted by Crippen LogP contribution is -2.20. The van der Waals surface area contributed by atoms with E-state index in [1.54, 1.807) is 32.2 Å². The summed E-state index contributed by atoms with van der Waals surface area (Å²) in [5.74, 6) is 0.776. The van der Waals surface area contributed by atoms with Gasteiger partial charge in [-0.2, -0.15) is 9.67 Å². The van der Waals surface area contributed by atoms with E-state index >= 15 is 0 Å². The van der Waals surface area contributed by atoms with Gasteiger partial charge in [-0.05, 0) is 42.5 Å². The van der Waals surface area contributed by atoms with Crippen molar-refractivity contribution in [2.45, 2.75) is 19.9 Å². The topological polar surface area (TPSA) is 114 Å². The van der Waals surface area contributed by atoms with Crippen molar-refractivity contribution in [2.75, 3.05) is 5.32 Å². The van der Waals surface area contributed by atoms with Gasteiger partial charge in [0.2, 0.25) is 5.95 Å². The Bertz CT molecular complexity index is 1240. The van der Waals surface area contributed by atoms with E-state index in [2.05, 4.69) is 35.8 Å². The molecule has 0 unspecified atom stereocenters. The van der Waals surface area contributed by atoms with Crippen LogP contribution >= 0.6 is 11.6 Å². The zero-order valence-electron chi connectivity index (χ0n) is 14.8. The van der Waals surface area contributed by atoms with Crippen molar-refractivity contribution in [3.63, 3.8) is 0 Å². The Morgan fingerprint density at radius 3 is 2.89 bits per heavy atom. The molecule has 0 aliphatic heterocycles. The molecule has 28 heavy (non-hydrogen) atoms. The molecule has 9 nitrogen and oxygen atoms in total. The molecule has 0 aliphatic carbocycles. The quantitative estimate of drug-likeness (QED) is 0.541. The van der Waals surface area contributed by atoms with Gasteiger partial charge in [-0.3, -0.25) is 4.79 Å². The maximum atomic E-state index is 13.6. The smallest absolute Gasteiger partial charge is 0.253 e. The van der Waals surface area contributed by atoms with Gasteiger partial charge < -0.3 is 10.3 Å². The molecule has 11 heteroatoms. The first-order chi connectivity index (χ1) is 13.4. The Kier molecular flexibility index (Phi) is 4.47. The fraction of sp³-hybridized carbons (Fsp3) is 0.176. The van der Waals surface area contributed by atoms with Gasteiger partial charge in [0.15, 0.2) is 11.6 Å². The molecular formula is C17H14ClFN8O. The normalized spacial score (nSPS) is 12.3. The highest BCUT2D eigenvalue weighted by Gasteiger charge is 2.15. The van der Waals surface area contributed by atoms with E-state index < -0.39 is 11.9 Å². The van der Waals surface area contributed by atoms with Gasteiger partial charge in [0.1, 0.15) is 5.82 Å². The molecule has 0 saturated heterocycles. The third-order valence-electron chi connectivity index (χ3n) is 4.21. The lowest BCUT2D eigenvalue weighted by Gasteiger charge is -2.14. The monoisotopic (exact) mass is 400 g/mol. The van der Waals surface area contributed by atoms with Crippen molar-refractivity contribution in [2.24, 2.45) is 0 Å². The summed E-state index contributed by atoms with van der Waals surface area (Å²) in [6.07, 6.45) is 1.56. The number of aryl methyl sites for hydroxylation is 1. The standard InChI is InChI=1S/C17H14ClFN8O/c1-8(11-5-10-6-12(18)13(19)7-14(10)22-16(11)28)21-17-20-4-3-15(23-17)27-9(2)24-25-26-27/h3-8H,1-2H3,(H,22,28)(H,20,21,23)/t8-/m0/s1. The summed E-state index contributed by atoms with van der Waals surface area (Å²) in [4.78, 5) is 23.7. The van der Waals surface area contributed by atoms with E-state index in [4.69, 9.17) is 11.6 Å². The molecule has 3 aromatic heterocycles. The number of H-pyrrole nitrogens is 1. The van der Waals surface area contributed by atoms with E-state index in [0.717, 1.165) is 0 Å². The Hall–Kier alpha value is -3.40. The summed E-state index contributed by atoms with van der Waals surface area (Å²) >= 11 is 5.85. The van der Waals surface area contributed by atoms with Gasteiger partial charge in [0.05, 0.1) is 16.6 Å². The Labute approximate surface area is 162 Å². The van der Waals surface area contributed by atoms with Gasteiger partial charge in [0, 0.05) is 23.2 Å². The summed E-state index contributed by atoms with van der Waals surface area (Å²) in [7, 11) is 0. The van der Waals surface area contributed by atoms with Gasteiger partial charge in [-0.15, -0.1) is 5.10 Å². The fourth-order valence-corrected chi connectivity index (χ4v) is 2.96. The number of nitrogens with zero attached hydrogens (tertiary/aromatic N) is 6. The third-order valence-corrected chi connectivity index (χ3v) is 4.50. The number of hydrogen-bond acceptors (Lipinski definition) is 7. The number of halogens is 2. The summed E-state index contributed by atoms with van der Waals surface area (Å²) in [5.41, 5.74) is 0.458. The van der Waals surface area contributed by atoms with Crippen LogP contribution in [0.15, 0.2) is 35.3 Å². The predicted molar refractivity (Wildman–Crippen MR) is 101 cm³/mol. The molecule has 142 valence electrons. The molecule has 2 N–H and O–H groups in total. The number of fused-ring (bicyclic) bond motifs is 1. The molecule has 0 fully saturated rings. The lowest BCUT2D eigenvalue weighted by molar-refractivity contribution is 0.629. The molecule has 4 aromatic rings. The van der Waals surface area contributed by atoms with Crippen molar-refractivity contribution in [1.82, 2.24) is 35.2 Å². The zero-order valence-corrected chi connectivity index (χ0v) is 15.6. The van der Waals surface area contributed by atoms with Crippen molar-refractivity contribution >= 4 is 28.5 Å². The summed E-state index contributed by atoms with van der Waals surface area (Å²) in [6, 6.07) is 5.56. The van der Waals surface area contributed by atoms with E-state index in [1.807, 2.05) is 0 Å². The molecular weight excluding hydrogens is 387 g/mol. The van der Waals surface area contributed by atoms with E-state index in [0.29, 0.717) is 34.1 Å². The zero-order chi connectivity index (χ0) is 19.8. The van der Waals surface area contributed by atoms with Crippen LogP contribution in [0, 0.1) is 12.7 Å². The minimum atomic E-state index is -0.591. The molecule has 0 aliphatic rings. The minimum absolute atomic E-state index is 0.0149. The van der Waals surface area contributed by atoms with Crippen molar-refractivity contribution in [1.29, 1.82) is 0 Å². The molecule has 0 radical (unpaired) electrons. The van der Waals surface area contributed by atoms with Gasteiger partial charge in [-0.25, -0.2) is 9.37 Å². The highest BCUT2D eigenvalue weighted by atomic mass is 35.5. The summed E-state index contributed by atoms with van der Waals surface area (Å²) in [5, 5.41) is 15.0.